The number of halogens is 4. The molecule has 1 heterocycles. The van der Waals surface area contributed by atoms with E-state index in [-0.39, 0.29) is 16.7 Å². The summed E-state index contributed by atoms with van der Waals surface area (Å²) in [4.78, 5) is 24.0. The predicted octanol–water partition coefficient (Wildman–Crippen LogP) is 4.71. The summed E-state index contributed by atoms with van der Waals surface area (Å²) >= 11 is 5.60. The van der Waals surface area contributed by atoms with Crippen LogP contribution < -0.4 is 10.1 Å². The van der Waals surface area contributed by atoms with Gasteiger partial charge in [-0.25, -0.2) is 4.79 Å². The monoisotopic (exact) mass is 457 g/mol. The van der Waals surface area contributed by atoms with Crippen LogP contribution >= 0.6 is 11.6 Å². The van der Waals surface area contributed by atoms with E-state index in [1.807, 2.05) is 0 Å². The zero-order valence-corrected chi connectivity index (χ0v) is 17.0. The van der Waals surface area contributed by atoms with Crippen LogP contribution in [0.3, 0.4) is 0 Å². The van der Waals surface area contributed by atoms with Crippen molar-refractivity contribution < 1.29 is 37.0 Å². The second kappa shape index (κ2) is 10.0. The molecule has 0 saturated carbocycles. The van der Waals surface area contributed by atoms with Crippen LogP contribution in [0.5, 0.6) is 5.75 Å². The summed E-state index contributed by atoms with van der Waals surface area (Å²) < 4.78 is 55.2. The van der Waals surface area contributed by atoms with Gasteiger partial charge in [-0.3, -0.25) is 4.79 Å². The summed E-state index contributed by atoms with van der Waals surface area (Å²) in [5.74, 6) is -1.17. The maximum absolute atomic E-state index is 13.1. The van der Waals surface area contributed by atoms with Gasteiger partial charge in [0.2, 0.25) is 0 Å². The van der Waals surface area contributed by atoms with Gasteiger partial charge < -0.3 is 19.5 Å². The lowest BCUT2D eigenvalue weighted by molar-refractivity contribution is -0.137. The Bertz CT molecular complexity index is 928. The van der Waals surface area contributed by atoms with Crippen molar-refractivity contribution in [3.05, 3.63) is 58.6 Å². The maximum atomic E-state index is 13.1. The molecule has 1 atom stereocenters. The lowest BCUT2D eigenvalue weighted by atomic mass is 10.1. The van der Waals surface area contributed by atoms with E-state index in [0.29, 0.717) is 18.4 Å². The van der Waals surface area contributed by atoms with Crippen LogP contribution in [0.25, 0.3) is 0 Å². The molecule has 0 bridgehead atoms. The number of carbonyl (C=O) groups is 2. The Balaban J connectivity index is 1.50. The van der Waals surface area contributed by atoms with Gasteiger partial charge in [-0.15, -0.1) is 0 Å². The second-order valence-electron chi connectivity index (χ2n) is 6.78. The predicted molar refractivity (Wildman–Crippen MR) is 106 cm³/mol. The largest absolute Gasteiger partial charge is 0.491 e. The van der Waals surface area contributed by atoms with Crippen LogP contribution in [-0.4, -0.2) is 37.8 Å². The van der Waals surface area contributed by atoms with E-state index in [1.54, 1.807) is 12.1 Å². The molecule has 1 fully saturated rings. The van der Waals surface area contributed by atoms with Gasteiger partial charge in [0.05, 0.1) is 22.9 Å². The SMILES string of the molecule is O=C(COC(=O)c1ccc(OC[C@H]2CCCO2)cc1)Nc1ccc(Cl)cc1C(F)(F)F. The van der Waals surface area contributed by atoms with Crippen molar-refractivity contribution in [3.63, 3.8) is 0 Å². The number of carbonyl (C=O) groups excluding carboxylic acids is 2. The number of rotatable bonds is 7. The topological polar surface area (TPSA) is 73.9 Å². The minimum Gasteiger partial charge on any atom is -0.491 e. The van der Waals surface area contributed by atoms with E-state index in [9.17, 15) is 22.8 Å². The number of nitrogens with one attached hydrogen (secondary N) is 1. The van der Waals surface area contributed by atoms with Crippen molar-refractivity contribution in [2.45, 2.75) is 25.1 Å². The number of alkyl halides is 3. The third kappa shape index (κ3) is 6.60. The first-order valence-corrected chi connectivity index (χ1v) is 9.78. The molecule has 3 rings (SSSR count). The minimum absolute atomic E-state index is 0.0571. The Morgan fingerprint density at radius 3 is 2.55 bits per heavy atom. The zero-order chi connectivity index (χ0) is 22.4. The van der Waals surface area contributed by atoms with Gasteiger partial charge in [-0.2, -0.15) is 13.2 Å². The normalized spacial score (nSPS) is 16.1. The molecule has 2 aromatic carbocycles. The van der Waals surface area contributed by atoms with Crippen LogP contribution in [0, 0.1) is 0 Å². The van der Waals surface area contributed by atoms with E-state index < -0.39 is 35.9 Å². The molecule has 1 saturated heterocycles. The lowest BCUT2D eigenvalue weighted by Crippen LogP contribution is -2.22. The zero-order valence-electron chi connectivity index (χ0n) is 16.2. The van der Waals surface area contributed by atoms with Crippen LogP contribution in [0.1, 0.15) is 28.8 Å². The molecule has 1 amide bonds. The average molecular weight is 458 g/mol. The molecular weight excluding hydrogens is 439 g/mol. The fraction of sp³-hybridized carbons (Fsp3) is 0.333. The molecule has 0 aliphatic carbocycles. The molecule has 0 unspecified atom stereocenters. The third-order valence-electron chi connectivity index (χ3n) is 4.45. The van der Waals surface area contributed by atoms with Crippen molar-refractivity contribution in [2.24, 2.45) is 0 Å². The molecule has 6 nitrogen and oxygen atoms in total. The fourth-order valence-corrected chi connectivity index (χ4v) is 3.09. The lowest BCUT2D eigenvalue weighted by Gasteiger charge is -2.14. The first-order valence-electron chi connectivity index (χ1n) is 9.40. The van der Waals surface area contributed by atoms with Crippen molar-refractivity contribution in [3.8, 4) is 5.75 Å². The summed E-state index contributed by atoms with van der Waals surface area (Å²) in [5.41, 5.74) is -1.41. The number of ether oxygens (including phenoxy) is 3. The molecular formula is C21H19ClF3NO5. The third-order valence-corrected chi connectivity index (χ3v) is 4.68. The van der Waals surface area contributed by atoms with Gasteiger partial charge in [-0.1, -0.05) is 11.6 Å². The Kier molecular flexibility index (Phi) is 7.40. The van der Waals surface area contributed by atoms with E-state index >= 15 is 0 Å². The highest BCUT2D eigenvalue weighted by molar-refractivity contribution is 6.30. The van der Waals surface area contributed by atoms with E-state index in [2.05, 4.69) is 5.32 Å². The Labute approximate surface area is 181 Å². The molecule has 31 heavy (non-hydrogen) atoms. The molecule has 166 valence electrons. The average Bonchev–Trinajstić information content (AvgIpc) is 3.25. The standard InChI is InChI=1S/C21H19ClF3NO5/c22-14-5-8-18(17(10-14)21(23,24)25)26-19(27)12-31-20(28)13-3-6-15(7-4-13)30-11-16-2-1-9-29-16/h3-8,10,16H,1-2,9,11-12H2,(H,26,27)/t16-/m1/s1. The highest BCUT2D eigenvalue weighted by Gasteiger charge is 2.34. The summed E-state index contributed by atoms with van der Waals surface area (Å²) in [6.45, 7) is 0.381. The molecule has 0 aromatic heterocycles. The quantitative estimate of drug-likeness (QED) is 0.609. The molecule has 2 aromatic rings. The summed E-state index contributed by atoms with van der Waals surface area (Å²) in [6, 6.07) is 9.02. The number of esters is 1. The Hall–Kier alpha value is -2.78. The second-order valence-corrected chi connectivity index (χ2v) is 7.22. The maximum Gasteiger partial charge on any atom is 0.418 e. The Morgan fingerprint density at radius 2 is 1.90 bits per heavy atom. The van der Waals surface area contributed by atoms with Crippen LogP contribution in [0.2, 0.25) is 5.02 Å². The molecule has 0 radical (unpaired) electrons. The van der Waals surface area contributed by atoms with Gasteiger partial charge in [-0.05, 0) is 55.3 Å². The first-order chi connectivity index (χ1) is 14.7. The smallest absolute Gasteiger partial charge is 0.418 e. The van der Waals surface area contributed by atoms with Crippen molar-refractivity contribution in [2.75, 3.05) is 25.1 Å². The van der Waals surface area contributed by atoms with Crippen molar-refractivity contribution >= 4 is 29.2 Å². The minimum atomic E-state index is -4.71. The van der Waals surface area contributed by atoms with Crippen LogP contribution in [0.15, 0.2) is 42.5 Å². The number of amides is 1. The van der Waals surface area contributed by atoms with Crippen molar-refractivity contribution in [1.29, 1.82) is 0 Å². The van der Waals surface area contributed by atoms with Crippen LogP contribution in [-0.2, 0) is 20.4 Å². The molecule has 10 heteroatoms. The van der Waals surface area contributed by atoms with Gasteiger partial charge in [0, 0.05) is 11.6 Å². The summed E-state index contributed by atoms with van der Waals surface area (Å²) in [5, 5.41) is 1.95. The highest BCUT2D eigenvalue weighted by atomic mass is 35.5. The van der Waals surface area contributed by atoms with Gasteiger partial charge in [0.25, 0.3) is 5.91 Å². The number of hydrogen-bond donors (Lipinski definition) is 1. The Morgan fingerprint density at radius 1 is 1.16 bits per heavy atom. The fourth-order valence-electron chi connectivity index (χ4n) is 2.91. The van der Waals surface area contributed by atoms with E-state index in [1.165, 1.54) is 18.2 Å². The van der Waals surface area contributed by atoms with Gasteiger partial charge in [0.15, 0.2) is 6.61 Å². The molecule has 1 N–H and O–H groups in total. The number of anilines is 1. The molecule has 0 spiro atoms. The first kappa shape index (κ1) is 22.9. The van der Waals surface area contributed by atoms with Gasteiger partial charge in [0.1, 0.15) is 12.4 Å². The molecule has 1 aliphatic rings. The number of benzene rings is 2. The van der Waals surface area contributed by atoms with E-state index in [0.717, 1.165) is 25.5 Å². The van der Waals surface area contributed by atoms with Crippen molar-refractivity contribution in [1.82, 2.24) is 0 Å². The van der Waals surface area contributed by atoms with Gasteiger partial charge >= 0.3 is 12.1 Å². The number of hydrogen-bond acceptors (Lipinski definition) is 5. The summed E-state index contributed by atoms with van der Waals surface area (Å²) in [7, 11) is 0. The van der Waals surface area contributed by atoms with E-state index in [4.69, 9.17) is 25.8 Å². The molecule has 1 aliphatic heterocycles. The summed E-state index contributed by atoms with van der Waals surface area (Å²) in [6.07, 6.45) is -2.71. The highest BCUT2D eigenvalue weighted by Crippen LogP contribution is 2.36. The van der Waals surface area contributed by atoms with Crippen LogP contribution in [0.4, 0.5) is 18.9 Å².